The molecule has 0 saturated heterocycles. The average molecular weight is 552 g/mol. The van der Waals surface area contributed by atoms with Crippen molar-refractivity contribution in [3.8, 4) is 0 Å². The predicted molar refractivity (Wildman–Crippen MR) is 152 cm³/mol. The minimum atomic E-state index is -1.18. The fraction of sp³-hybridized carbons (Fsp3) is 0.429. The van der Waals surface area contributed by atoms with Crippen LogP contribution in [0, 0.1) is 5.92 Å². The van der Waals surface area contributed by atoms with Gasteiger partial charge in [-0.25, -0.2) is 9.78 Å². The van der Waals surface area contributed by atoms with Crippen LogP contribution in [0.25, 0.3) is 11.0 Å². The van der Waals surface area contributed by atoms with Gasteiger partial charge in [-0.05, 0) is 49.0 Å². The van der Waals surface area contributed by atoms with E-state index in [1.807, 2.05) is 6.20 Å². The Morgan fingerprint density at radius 3 is 2.58 bits per heavy atom. The van der Waals surface area contributed by atoms with Crippen molar-refractivity contribution in [3.63, 3.8) is 0 Å². The largest absolute Gasteiger partial charge is 0.436 e. The molecule has 12 heteroatoms. The van der Waals surface area contributed by atoms with Crippen molar-refractivity contribution in [2.75, 3.05) is 33.5 Å². The number of nitrogens with zero attached hydrogens (tertiary/aromatic N) is 5. The Morgan fingerprint density at radius 2 is 1.90 bits per heavy atom. The summed E-state index contributed by atoms with van der Waals surface area (Å²) in [7, 11) is 6.26. The number of amides is 3. The van der Waals surface area contributed by atoms with Gasteiger partial charge in [0.1, 0.15) is 11.5 Å². The van der Waals surface area contributed by atoms with Crippen LogP contribution in [-0.2, 0) is 27.3 Å². The number of hydrogen-bond donors (Lipinski definition) is 2. The van der Waals surface area contributed by atoms with Crippen LogP contribution in [-0.4, -0.2) is 81.5 Å². The number of fused-ring (bicyclic) bond motifs is 1. The van der Waals surface area contributed by atoms with E-state index in [-0.39, 0.29) is 24.6 Å². The second-order valence-electron chi connectivity index (χ2n) is 10.3. The molecule has 0 aromatic carbocycles. The lowest BCUT2D eigenvalue weighted by Crippen LogP contribution is -2.37. The molecule has 0 aliphatic heterocycles. The smallest absolute Gasteiger partial charge is 0.410 e. The van der Waals surface area contributed by atoms with Crippen LogP contribution in [0.5, 0.6) is 0 Å². The van der Waals surface area contributed by atoms with E-state index >= 15 is 0 Å². The third-order valence-corrected chi connectivity index (χ3v) is 5.94. The SMILES string of the molecule is CC(C)Cc1cncc2[nH]c(Cn3cccc(NC(=O)[C@H](CC/C=C/C(=O)N(C)C)OC(=O)N(C)C)c3=O)nc12. The van der Waals surface area contributed by atoms with Crippen LogP contribution in [0.1, 0.15) is 38.1 Å². The summed E-state index contributed by atoms with van der Waals surface area (Å²) in [6, 6.07) is 3.13. The number of hydrogen-bond acceptors (Lipinski definition) is 7. The third-order valence-electron chi connectivity index (χ3n) is 5.94. The number of aromatic nitrogens is 4. The molecule has 3 aromatic heterocycles. The van der Waals surface area contributed by atoms with Gasteiger partial charge in [0.15, 0.2) is 6.10 Å². The highest BCUT2D eigenvalue weighted by atomic mass is 16.6. The van der Waals surface area contributed by atoms with Crippen LogP contribution in [0.15, 0.2) is 47.7 Å². The zero-order valence-electron chi connectivity index (χ0n) is 23.8. The fourth-order valence-electron chi connectivity index (χ4n) is 3.89. The van der Waals surface area contributed by atoms with E-state index < -0.39 is 23.7 Å². The molecule has 0 aliphatic rings. The maximum Gasteiger partial charge on any atom is 0.410 e. The minimum Gasteiger partial charge on any atom is -0.436 e. The molecule has 0 aliphatic carbocycles. The summed E-state index contributed by atoms with van der Waals surface area (Å²) >= 11 is 0. The molecule has 0 bridgehead atoms. The van der Waals surface area contributed by atoms with Gasteiger partial charge in [-0.1, -0.05) is 19.9 Å². The summed E-state index contributed by atoms with van der Waals surface area (Å²) in [4.78, 5) is 65.1. The molecule has 0 saturated carbocycles. The van der Waals surface area contributed by atoms with E-state index in [1.165, 1.54) is 40.6 Å². The van der Waals surface area contributed by atoms with Gasteiger partial charge in [-0.15, -0.1) is 0 Å². The monoisotopic (exact) mass is 551 g/mol. The van der Waals surface area contributed by atoms with Crippen LogP contribution in [0.4, 0.5) is 10.5 Å². The molecular weight excluding hydrogens is 514 g/mol. The molecule has 3 rings (SSSR count). The molecule has 0 spiro atoms. The lowest BCUT2D eigenvalue weighted by molar-refractivity contribution is -0.125. The van der Waals surface area contributed by atoms with Crippen molar-refractivity contribution < 1.29 is 19.1 Å². The minimum absolute atomic E-state index is 0.0370. The number of H-pyrrole nitrogens is 1. The number of anilines is 1. The van der Waals surface area contributed by atoms with Gasteiger partial charge in [-0.2, -0.15) is 0 Å². The van der Waals surface area contributed by atoms with Crippen LogP contribution in [0.2, 0.25) is 0 Å². The molecule has 3 aromatic rings. The number of ether oxygens (including phenoxy) is 1. The van der Waals surface area contributed by atoms with Crippen molar-refractivity contribution in [1.82, 2.24) is 29.3 Å². The van der Waals surface area contributed by atoms with E-state index in [2.05, 4.69) is 29.1 Å². The summed E-state index contributed by atoms with van der Waals surface area (Å²) in [5, 5.41) is 2.60. The van der Waals surface area contributed by atoms with Crippen molar-refractivity contribution in [1.29, 1.82) is 0 Å². The molecule has 3 amide bonds. The quantitative estimate of drug-likeness (QED) is 0.349. The van der Waals surface area contributed by atoms with Gasteiger partial charge in [0.2, 0.25) is 5.91 Å². The van der Waals surface area contributed by atoms with E-state index in [0.717, 1.165) is 23.0 Å². The lowest BCUT2D eigenvalue weighted by Gasteiger charge is -2.19. The van der Waals surface area contributed by atoms with Crippen LogP contribution >= 0.6 is 0 Å². The molecule has 12 nitrogen and oxygen atoms in total. The summed E-state index contributed by atoms with van der Waals surface area (Å²) in [5.41, 5.74) is 2.24. The van der Waals surface area contributed by atoms with Crippen molar-refractivity contribution >= 4 is 34.6 Å². The topological polar surface area (TPSA) is 143 Å². The van der Waals surface area contributed by atoms with Crippen molar-refractivity contribution in [2.24, 2.45) is 5.92 Å². The highest BCUT2D eigenvalue weighted by Gasteiger charge is 2.24. The number of carbonyl (C=O) groups excluding carboxylic acids is 3. The highest BCUT2D eigenvalue weighted by Crippen LogP contribution is 2.19. The van der Waals surface area contributed by atoms with Gasteiger partial charge in [0.05, 0.1) is 23.8 Å². The van der Waals surface area contributed by atoms with E-state index in [1.54, 1.807) is 38.6 Å². The number of carbonyl (C=O) groups is 3. The van der Waals surface area contributed by atoms with Gasteiger partial charge >= 0.3 is 6.09 Å². The van der Waals surface area contributed by atoms with Gasteiger partial charge in [0.25, 0.3) is 11.5 Å². The van der Waals surface area contributed by atoms with Crippen molar-refractivity contribution in [2.45, 2.75) is 45.8 Å². The zero-order chi connectivity index (χ0) is 29.4. The van der Waals surface area contributed by atoms with Gasteiger partial charge < -0.3 is 29.4 Å². The number of rotatable bonds is 11. The van der Waals surface area contributed by atoms with E-state index in [4.69, 9.17) is 9.72 Å². The number of allylic oxidation sites excluding steroid dienone is 1. The molecule has 1 atom stereocenters. The molecule has 214 valence electrons. The first-order valence-corrected chi connectivity index (χ1v) is 13.0. The molecule has 2 N–H and O–H groups in total. The van der Waals surface area contributed by atoms with Gasteiger partial charge in [0, 0.05) is 40.6 Å². The summed E-state index contributed by atoms with van der Waals surface area (Å²) < 4.78 is 6.78. The third kappa shape index (κ3) is 8.01. The lowest BCUT2D eigenvalue weighted by atomic mass is 10.0. The molecule has 0 fully saturated rings. The fourth-order valence-corrected chi connectivity index (χ4v) is 3.89. The highest BCUT2D eigenvalue weighted by molar-refractivity contribution is 5.95. The van der Waals surface area contributed by atoms with E-state index in [0.29, 0.717) is 18.2 Å². The summed E-state index contributed by atoms with van der Waals surface area (Å²) in [6.07, 6.45) is 7.49. The maximum atomic E-state index is 13.2. The Labute approximate surface area is 233 Å². The number of pyridine rings is 2. The number of likely N-dealkylation sites (N-methyl/N-ethyl adjacent to an activating group) is 1. The van der Waals surface area contributed by atoms with Gasteiger partial charge in [-0.3, -0.25) is 19.4 Å². The predicted octanol–water partition coefficient (Wildman–Crippen LogP) is 2.80. The zero-order valence-corrected chi connectivity index (χ0v) is 23.8. The van der Waals surface area contributed by atoms with Crippen LogP contribution < -0.4 is 10.9 Å². The number of imidazole rings is 1. The number of aromatic amines is 1. The molecule has 0 radical (unpaired) electrons. The Balaban J connectivity index is 1.77. The first-order chi connectivity index (χ1) is 19.0. The maximum absolute atomic E-state index is 13.2. The summed E-state index contributed by atoms with van der Waals surface area (Å²) in [5.74, 6) is 0.168. The number of nitrogens with one attached hydrogen (secondary N) is 2. The van der Waals surface area contributed by atoms with Crippen molar-refractivity contribution in [3.05, 3.63) is 64.6 Å². The molecule has 0 unspecified atom stereocenters. The normalized spacial score (nSPS) is 12.1. The Kier molecular flexibility index (Phi) is 10.2. The second-order valence-corrected chi connectivity index (χ2v) is 10.3. The first-order valence-electron chi connectivity index (χ1n) is 13.0. The molecular formula is C28H37N7O5. The van der Waals surface area contributed by atoms with E-state index in [9.17, 15) is 19.2 Å². The Bertz CT molecular complexity index is 1440. The second kappa shape index (κ2) is 13.5. The molecule has 3 heterocycles. The average Bonchev–Trinajstić information content (AvgIpc) is 3.31. The Morgan fingerprint density at radius 1 is 1.15 bits per heavy atom. The Hall–Kier alpha value is -4.48. The molecule has 40 heavy (non-hydrogen) atoms. The van der Waals surface area contributed by atoms with Crippen LogP contribution in [0.3, 0.4) is 0 Å². The summed E-state index contributed by atoms with van der Waals surface area (Å²) in [6.45, 7) is 4.41. The first kappa shape index (κ1) is 30.1. The standard InChI is InChI=1S/C28H37N7O5/c1-18(2)14-19-15-29-16-21-25(19)32-23(30-21)17-35-13-9-10-20(27(35)38)31-26(37)22(40-28(39)34(5)6)11-7-8-12-24(36)33(3)4/h8-10,12-13,15-16,18,22H,7,11,14,17H2,1-6H3,(H,30,32)(H,31,37)/b12-8+/t22-/m0/s1.